The second-order valence-corrected chi connectivity index (χ2v) is 5.67. The van der Waals surface area contributed by atoms with Crippen molar-refractivity contribution in [2.45, 2.75) is 13.0 Å². The van der Waals surface area contributed by atoms with E-state index in [1.54, 1.807) is 12.3 Å². The number of fused-ring (bicyclic) bond motifs is 1. The molecule has 0 aliphatic carbocycles. The molecule has 0 saturated heterocycles. The number of hydrogen-bond acceptors (Lipinski definition) is 3. The molecule has 2 aromatic carbocycles. The Morgan fingerprint density at radius 3 is 2.48 bits per heavy atom. The highest BCUT2D eigenvalue weighted by molar-refractivity contribution is 5.98. The van der Waals surface area contributed by atoms with Crippen LogP contribution < -0.4 is 10.6 Å². The molecular weight excluding hydrogens is 314 g/mol. The summed E-state index contributed by atoms with van der Waals surface area (Å²) >= 11 is 0. The molecule has 1 aromatic heterocycles. The Hall–Kier alpha value is -3.21. The Morgan fingerprint density at radius 2 is 1.68 bits per heavy atom. The highest BCUT2D eigenvalue weighted by atomic mass is 16.2. The summed E-state index contributed by atoms with van der Waals surface area (Å²) in [5, 5.41) is 7.67. The zero-order valence-electron chi connectivity index (χ0n) is 13.7. The van der Waals surface area contributed by atoms with Gasteiger partial charge in [-0.2, -0.15) is 0 Å². The van der Waals surface area contributed by atoms with Crippen molar-refractivity contribution < 1.29 is 9.59 Å². The van der Waals surface area contributed by atoms with Crippen LogP contribution in [0.25, 0.3) is 10.8 Å². The van der Waals surface area contributed by atoms with Crippen LogP contribution in [0.1, 0.15) is 22.5 Å². The topological polar surface area (TPSA) is 71.1 Å². The van der Waals surface area contributed by atoms with Crippen LogP contribution in [-0.4, -0.2) is 23.3 Å². The first-order chi connectivity index (χ1) is 12.2. The summed E-state index contributed by atoms with van der Waals surface area (Å²) in [6, 6.07) is 19.0. The molecule has 2 amide bonds. The van der Waals surface area contributed by atoms with Gasteiger partial charge in [-0.15, -0.1) is 0 Å². The molecule has 0 unspecified atom stereocenters. The molecular formula is C20H19N3O2. The van der Waals surface area contributed by atoms with Crippen LogP contribution >= 0.6 is 0 Å². The third-order valence-corrected chi connectivity index (χ3v) is 3.84. The number of nitrogens with one attached hydrogen (secondary N) is 2. The van der Waals surface area contributed by atoms with Crippen LogP contribution in [0, 0.1) is 0 Å². The molecule has 0 bridgehead atoms. The van der Waals surface area contributed by atoms with Crippen molar-refractivity contribution in [2.24, 2.45) is 0 Å². The lowest BCUT2D eigenvalue weighted by atomic mass is 10.1. The zero-order valence-corrected chi connectivity index (χ0v) is 13.7. The lowest BCUT2D eigenvalue weighted by molar-refractivity contribution is -0.121. The Bertz CT molecular complexity index is 878. The quantitative estimate of drug-likeness (QED) is 0.728. The Morgan fingerprint density at radius 1 is 0.880 bits per heavy atom. The smallest absolute Gasteiger partial charge is 0.251 e. The van der Waals surface area contributed by atoms with Crippen LogP contribution in [-0.2, 0) is 11.3 Å². The number of rotatable bonds is 6. The molecule has 5 nitrogen and oxygen atoms in total. The maximum Gasteiger partial charge on any atom is 0.251 e. The van der Waals surface area contributed by atoms with Crippen LogP contribution in [0.5, 0.6) is 0 Å². The van der Waals surface area contributed by atoms with E-state index in [2.05, 4.69) is 15.6 Å². The number of nitrogens with zero attached hydrogens (tertiary/aromatic N) is 1. The van der Waals surface area contributed by atoms with E-state index in [1.807, 2.05) is 54.6 Å². The van der Waals surface area contributed by atoms with E-state index in [0.29, 0.717) is 18.7 Å². The van der Waals surface area contributed by atoms with E-state index < -0.39 is 0 Å². The first-order valence-electron chi connectivity index (χ1n) is 8.16. The fraction of sp³-hybridized carbons (Fsp3) is 0.150. The Balaban J connectivity index is 1.46. The minimum atomic E-state index is -0.178. The average Bonchev–Trinajstić information content (AvgIpc) is 2.66. The summed E-state index contributed by atoms with van der Waals surface area (Å²) < 4.78 is 0. The predicted molar refractivity (Wildman–Crippen MR) is 97.0 cm³/mol. The van der Waals surface area contributed by atoms with E-state index >= 15 is 0 Å². The minimum Gasteiger partial charge on any atom is -0.352 e. The first-order valence-corrected chi connectivity index (χ1v) is 8.16. The fourth-order valence-electron chi connectivity index (χ4n) is 2.50. The van der Waals surface area contributed by atoms with Crippen molar-refractivity contribution in [2.75, 3.05) is 6.54 Å². The number of amides is 2. The number of benzene rings is 2. The zero-order chi connectivity index (χ0) is 17.5. The monoisotopic (exact) mass is 333 g/mol. The molecule has 1 heterocycles. The number of carbonyl (C=O) groups excluding carboxylic acids is 2. The fourth-order valence-corrected chi connectivity index (χ4v) is 2.50. The maximum atomic E-state index is 12.2. The van der Waals surface area contributed by atoms with Gasteiger partial charge in [0.2, 0.25) is 5.91 Å². The van der Waals surface area contributed by atoms with Gasteiger partial charge >= 0.3 is 0 Å². The van der Waals surface area contributed by atoms with Gasteiger partial charge in [-0.05, 0) is 35.0 Å². The highest BCUT2D eigenvalue weighted by Crippen LogP contribution is 2.15. The van der Waals surface area contributed by atoms with Gasteiger partial charge in [-0.25, -0.2) is 0 Å². The van der Waals surface area contributed by atoms with Crippen molar-refractivity contribution >= 4 is 22.6 Å². The van der Waals surface area contributed by atoms with Gasteiger partial charge < -0.3 is 10.6 Å². The van der Waals surface area contributed by atoms with Gasteiger partial charge in [-0.1, -0.05) is 36.4 Å². The molecule has 0 radical (unpaired) electrons. The standard InChI is InChI=1S/C20H19N3O2/c24-19(23-14-18-7-3-4-11-21-18)10-12-22-20(25)17-9-8-15-5-1-2-6-16(15)13-17/h1-9,11,13H,10,12,14H2,(H,22,25)(H,23,24). The van der Waals surface area contributed by atoms with Crippen molar-refractivity contribution in [3.63, 3.8) is 0 Å². The largest absolute Gasteiger partial charge is 0.352 e. The SMILES string of the molecule is O=C(CCNC(=O)c1ccc2ccccc2c1)NCc1ccccn1. The van der Waals surface area contributed by atoms with Crippen LogP contribution in [0.15, 0.2) is 66.9 Å². The van der Waals surface area contributed by atoms with Gasteiger partial charge in [0.05, 0.1) is 12.2 Å². The van der Waals surface area contributed by atoms with Crippen LogP contribution in [0.2, 0.25) is 0 Å². The third kappa shape index (κ3) is 4.64. The summed E-state index contributed by atoms with van der Waals surface area (Å²) in [5.74, 6) is -0.298. The van der Waals surface area contributed by atoms with Crippen molar-refractivity contribution in [1.29, 1.82) is 0 Å². The number of pyridine rings is 1. The third-order valence-electron chi connectivity index (χ3n) is 3.84. The van der Waals surface area contributed by atoms with Gasteiger partial charge in [0.25, 0.3) is 5.91 Å². The summed E-state index contributed by atoms with van der Waals surface area (Å²) in [7, 11) is 0. The Kier molecular flexibility index (Phi) is 5.36. The molecule has 126 valence electrons. The summed E-state index contributed by atoms with van der Waals surface area (Å²) in [5.41, 5.74) is 1.39. The molecule has 2 N–H and O–H groups in total. The number of hydrogen-bond donors (Lipinski definition) is 2. The highest BCUT2D eigenvalue weighted by Gasteiger charge is 2.07. The van der Waals surface area contributed by atoms with Gasteiger partial charge in [0.1, 0.15) is 0 Å². The molecule has 5 heteroatoms. The molecule has 0 fully saturated rings. The molecule has 3 aromatic rings. The van der Waals surface area contributed by atoms with E-state index in [9.17, 15) is 9.59 Å². The lowest BCUT2D eigenvalue weighted by Crippen LogP contribution is -2.30. The molecule has 25 heavy (non-hydrogen) atoms. The van der Waals surface area contributed by atoms with Crippen molar-refractivity contribution in [3.8, 4) is 0 Å². The second kappa shape index (κ2) is 8.06. The summed E-state index contributed by atoms with van der Waals surface area (Å²) in [4.78, 5) is 28.2. The van der Waals surface area contributed by atoms with E-state index in [0.717, 1.165) is 16.5 Å². The van der Waals surface area contributed by atoms with Gasteiger partial charge in [-0.3, -0.25) is 14.6 Å². The second-order valence-electron chi connectivity index (χ2n) is 5.67. The summed E-state index contributed by atoms with van der Waals surface area (Å²) in [6.45, 7) is 0.679. The van der Waals surface area contributed by atoms with Crippen molar-refractivity contribution in [1.82, 2.24) is 15.6 Å². The molecule has 3 rings (SSSR count). The molecule has 0 aliphatic rings. The normalized spacial score (nSPS) is 10.4. The van der Waals surface area contributed by atoms with E-state index in [-0.39, 0.29) is 18.2 Å². The average molecular weight is 333 g/mol. The lowest BCUT2D eigenvalue weighted by Gasteiger charge is -2.07. The van der Waals surface area contributed by atoms with E-state index in [1.165, 1.54) is 0 Å². The number of aromatic nitrogens is 1. The van der Waals surface area contributed by atoms with E-state index in [4.69, 9.17) is 0 Å². The predicted octanol–water partition coefficient (Wildman–Crippen LogP) is 2.67. The molecule has 0 aliphatic heterocycles. The minimum absolute atomic E-state index is 0.121. The van der Waals surface area contributed by atoms with Crippen LogP contribution in [0.4, 0.5) is 0 Å². The van der Waals surface area contributed by atoms with Gasteiger partial charge in [0.15, 0.2) is 0 Å². The van der Waals surface area contributed by atoms with Gasteiger partial charge in [0, 0.05) is 24.7 Å². The number of carbonyl (C=O) groups is 2. The molecule has 0 saturated carbocycles. The Labute approximate surface area is 146 Å². The maximum absolute atomic E-state index is 12.2. The summed E-state index contributed by atoms with van der Waals surface area (Å²) in [6.07, 6.45) is 1.91. The molecule has 0 spiro atoms. The van der Waals surface area contributed by atoms with Crippen molar-refractivity contribution in [3.05, 3.63) is 78.1 Å². The molecule has 0 atom stereocenters. The first kappa shape index (κ1) is 16.6. The van der Waals surface area contributed by atoms with Crippen LogP contribution in [0.3, 0.4) is 0 Å².